The fourth-order valence-corrected chi connectivity index (χ4v) is 2.39. The lowest BCUT2D eigenvalue weighted by Gasteiger charge is -2.32. The Morgan fingerprint density at radius 3 is 2.79 bits per heavy atom. The van der Waals surface area contributed by atoms with Crippen molar-refractivity contribution in [1.82, 2.24) is 5.32 Å². The Balaban J connectivity index is 1.95. The van der Waals surface area contributed by atoms with Crippen LogP contribution in [0.1, 0.15) is 12.0 Å². The van der Waals surface area contributed by atoms with Crippen molar-refractivity contribution in [2.24, 2.45) is 5.92 Å². The Hall–Kier alpha value is -0.940. The normalized spacial score (nSPS) is 22.3. The molecule has 1 aromatic rings. The van der Waals surface area contributed by atoms with Gasteiger partial charge in [0.25, 0.3) is 0 Å². The van der Waals surface area contributed by atoms with Gasteiger partial charge in [0.05, 0.1) is 32.0 Å². The second kappa shape index (κ2) is 7.01. The molecule has 19 heavy (non-hydrogen) atoms. The first kappa shape index (κ1) is 14.5. The first-order chi connectivity index (χ1) is 9.30. The SMILES string of the molecule is CNC(CO)(COCC1CCOC1)c1ccccc1. The van der Waals surface area contributed by atoms with Crippen molar-refractivity contribution in [1.29, 1.82) is 0 Å². The van der Waals surface area contributed by atoms with Crippen LogP contribution in [0.4, 0.5) is 0 Å². The lowest BCUT2D eigenvalue weighted by Crippen LogP contribution is -2.47. The van der Waals surface area contributed by atoms with E-state index in [0.29, 0.717) is 19.1 Å². The minimum atomic E-state index is -0.527. The summed E-state index contributed by atoms with van der Waals surface area (Å²) in [6, 6.07) is 9.94. The number of benzene rings is 1. The van der Waals surface area contributed by atoms with E-state index in [9.17, 15) is 5.11 Å². The number of aliphatic hydroxyl groups excluding tert-OH is 1. The number of nitrogens with one attached hydrogen (secondary N) is 1. The molecule has 2 unspecified atom stereocenters. The van der Waals surface area contributed by atoms with E-state index in [2.05, 4.69) is 5.32 Å². The van der Waals surface area contributed by atoms with Crippen LogP contribution in [0.5, 0.6) is 0 Å². The zero-order valence-electron chi connectivity index (χ0n) is 11.5. The van der Waals surface area contributed by atoms with Crippen LogP contribution in [0.25, 0.3) is 0 Å². The van der Waals surface area contributed by atoms with Gasteiger partial charge in [-0.15, -0.1) is 0 Å². The third-order valence-electron chi connectivity index (χ3n) is 3.80. The standard InChI is InChI=1S/C15H23NO3/c1-16-15(11-17,14-5-3-2-4-6-14)12-19-10-13-7-8-18-9-13/h2-6,13,16-17H,7-12H2,1H3. The molecule has 2 atom stereocenters. The van der Waals surface area contributed by atoms with Crippen molar-refractivity contribution >= 4 is 0 Å². The summed E-state index contributed by atoms with van der Waals surface area (Å²) in [5.41, 5.74) is 0.517. The topological polar surface area (TPSA) is 50.7 Å². The number of hydrogen-bond acceptors (Lipinski definition) is 4. The summed E-state index contributed by atoms with van der Waals surface area (Å²) in [5.74, 6) is 0.490. The van der Waals surface area contributed by atoms with Gasteiger partial charge in [-0.25, -0.2) is 0 Å². The molecule has 1 fully saturated rings. The number of hydrogen-bond donors (Lipinski definition) is 2. The van der Waals surface area contributed by atoms with Crippen LogP contribution in [0, 0.1) is 5.92 Å². The summed E-state index contributed by atoms with van der Waals surface area (Å²) in [5, 5.41) is 13.0. The maximum Gasteiger partial charge on any atom is 0.0903 e. The molecule has 2 N–H and O–H groups in total. The molecule has 1 aromatic carbocycles. The molecule has 0 spiro atoms. The Kier molecular flexibility index (Phi) is 5.34. The summed E-state index contributed by atoms with van der Waals surface area (Å²) in [6.45, 7) is 2.78. The highest BCUT2D eigenvalue weighted by molar-refractivity contribution is 5.24. The average molecular weight is 265 g/mol. The summed E-state index contributed by atoms with van der Waals surface area (Å²) in [7, 11) is 1.85. The Bertz CT molecular complexity index is 359. The van der Waals surface area contributed by atoms with Gasteiger partial charge in [-0.1, -0.05) is 30.3 Å². The molecule has 106 valence electrons. The smallest absolute Gasteiger partial charge is 0.0903 e. The third kappa shape index (κ3) is 3.54. The van der Waals surface area contributed by atoms with Crippen molar-refractivity contribution in [3.05, 3.63) is 35.9 Å². The minimum Gasteiger partial charge on any atom is -0.394 e. The first-order valence-electron chi connectivity index (χ1n) is 6.81. The van der Waals surface area contributed by atoms with Crippen molar-refractivity contribution in [3.8, 4) is 0 Å². The molecule has 0 saturated carbocycles. The largest absolute Gasteiger partial charge is 0.394 e. The van der Waals surface area contributed by atoms with Crippen LogP contribution in [-0.4, -0.2) is 45.2 Å². The fraction of sp³-hybridized carbons (Fsp3) is 0.600. The molecule has 1 aliphatic rings. The second-order valence-electron chi connectivity index (χ2n) is 5.10. The van der Waals surface area contributed by atoms with Crippen molar-refractivity contribution in [2.45, 2.75) is 12.0 Å². The molecule has 2 rings (SSSR count). The molecule has 1 saturated heterocycles. The maximum atomic E-state index is 9.75. The van der Waals surface area contributed by atoms with Gasteiger partial charge < -0.3 is 19.9 Å². The van der Waals surface area contributed by atoms with E-state index in [1.807, 2.05) is 37.4 Å². The number of ether oxygens (including phenoxy) is 2. The molecule has 4 heteroatoms. The van der Waals surface area contributed by atoms with Crippen molar-refractivity contribution < 1.29 is 14.6 Å². The monoisotopic (exact) mass is 265 g/mol. The van der Waals surface area contributed by atoms with E-state index in [1.165, 1.54) is 0 Å². The summed E-state index contributed by atoms with van der Waals surface area (Å²) >= 11 is 0. The number of aliphatic hydroxyl groups is 1. The summed E-state index contributed by atoms with van der Waals surface area (Å²) < 4.78 is 11.1. The van der Waals surface area contributed by atoms with Crippen LogP contribution < -0.4 is 5.32 Å². The summed E-state index contributed by atoms with van der Waals surface area (Å²) in [4.78, 5) is 0. The van der Waals surface area contributed by atoms with Crippen LogP contribution >= 0.6 is 0 Å². The van der Waals surface area contributed by atoms with Crippen LogP contribution in [0.3, 0.4) is 0 Å². The van der Waals surface area contributed by atoms with E-state index in [0.717, 1.165) is 25.2 Å². The lowest BCUT2D eigenvalue weighted by atomic mass is 9.92. The van der Waals surface area contributed by atoms with Crippen LogP contribution in [0.2, 0.25) is 0 Å². The first-order valence-corrected chi connectivity index (χ1v) is 6.81. The predicted octanol–water partition coefficient (Wildman–Crippen LogP) is 1.15. The van der Waals surface area contributed by atoms with E-state index >= 15 is 0 Å². The number of likely N-dealkylation sites (N-methyl/N-ethyl adjacent to an activating group) is 1. The van der Waals surface area contributed by atoms with E-state index in [1.54, 1.807) is 0 Å². The zero-order valence-corrected chi connectivity index (χ0v) is 11.5. The number of rotatable bonds is 7. The minimum absolute atomic E-state index is 0.00861. The highest BCUT2D eigenvalue weighted by Gasteiger charge is 2.30. The highest BCUT2D eigenvalue weighted by atomic mass is 16.5. The van der Waals surface area contributed by atoms with Gasteiger partial charge in [0.1, 0.15) is 0 Å². The highest BCUT2D eigenvalue weighted by Crippen LogP contribution is 2.22. The zero-order chi connectivity index (χ0) is 13.6. The molecule has 1 aliphatic heterocycles. The van der Waals surface area contributed by atoms with Gasteiger partial charge in [0.15, 0.2) is 0 Å². The van der Waals surface area contributed by atoms with Gasteiger partial charge in [0.2, 0.25) is 0 Å². The molecular formula is C15H23NO3. The molecule has 1 heterocycles. The molecular weight excluding hydrogens is 242 g/mol. The Morgan fingerprint density at radius 2 is 2.21 bits per heavy atom. The van der Waals surface area contributed by atoms with Gasteiger partial charge in [-0.2, -0.15) is 0 Å². The van der Waals surface area contributed by atoms with E-state index in [-0.39, 0.29) is 6.61 Å². The fourth-order valence-electron chi connectivity index (χ4n) is 2.39. The third-order valence-corrected chi connectivity index (χ3v) is 3.80. The summed E-state index contributed by atoms with van der Waals surface area (Å²) in [6.07, 6.45) is 1.07. The van der Waals surface area contributed by atoms with E-state index in [4.69, 9.17) is 9.47 Å². The van der Waals surface area contributed by atoms with Gasteiger partial charge >= 0.3 is 0 Å². The van der Waals surface area contributed by atoms with E-state index < -0.39 is 5.54 Å². The second-order valence-corrected chi connectivity index (χ2v) is 5.10. The van der Waals surface area contributed by atoms with Gasteiger partial charge in [0, 0.05) is 12.5 Å². The predicted molar refractivity (Wildman–Crippen MR) is 74.0 cm³/mol. The van der Waals surface area contributed by atoms with Crippen molar-refractivity contribution in [3.63, 3.8) is 0 Å². The molecule has 0 aromatic heterocycles. The Labute approximate surface area is 114 Å². The molecule has 0 aliphatic carbocycles. The van der Waals surface area contributed by atoms with Crippen LogP contribution in [-0.2, 0) is 15.0 Å². The Morgan fingerprint density at radius 1 is 1.42 bits per heavy atom. The molecule has 4 nitrogen and oxygen atoms in total. The average Bonchev–Trinajstić information content (AvgIpc) is 2.98. The maximum absolute atomic E-state index is 9.75. The molecule has 0 bridgehead atoms. The molecule has 0 amide bonds. The lowest BCUT2D eigenvalue weighted by molar-refractivity contribution is 0.0196. The van der Waals surface area contributed by atoms with Gasteiger partial charge in [-0.3, -0.25) is 0 Å². The van der Waals surface area contributed by atoms with Crippen LogP contribution in [0.15, 0.2) is 30.3 Å². The van der Waals surface area contributed by atoms with Crippen molar-refractivity contribution in [2.75, 3.05) is 40.1 Å². The van der Waals surface area contributed by atoms with Gasteiger partial charge in [-0.05, 0) is 19.0 Å². The molecule has 0 radical (unpaired) electrons. The quantitative estimate of drug-likeness (QED) is 0.776.